The Morgan fingerprint density at radius 2 is 2.62 bits per heavy atom. The Balaban J connectivity index is 3.05. The minimum Gasteiger partial charge on any atom is -0.490 e. The van der Waals surface area contributed by atoms with Crippen LogP contribution in [0.15, 0.2) is 18.6 Å². The average Bonchev–Trinajstić information content (AvgIpc) is 1.66. The molecular formula is C6H10O2. The fraction of sp³-hybridized carbons (Fsp3) is 0.500. The molecule has 0 spiro atoms. The Morgan fingerprint density at radius 1 is 2.00 bits per heavy atom. The minimum atomic E-state index is -0.417. The predicted molar refractivity (Wildman–Crippen MR) is 31.3 cm³/mol. The third-order valence-corrected chi connectivity index (χ3v) is 0.504. The number of aliphatic hydroxyl groups is 1. The molecule has 0 aromatic heterocycles. The zero-order valence-electron chi connectivity index (χ0n) is 4.92. The van der Waals surface area contributed by atoms with E-state index < -0.39 is 6.10 Å². The molecule has 0 aromatic rings. The van der Waals surface area contributed by atoms with Crippen LogP contribution in [0.5, 0.6) is 0 Å². The smallest absolute Gasteiger partial charge is 0.125 e. The van der Waals surface area contributed by atoms with Crippen molar-refractivity contribution in [1.82, 2.24) is 0 Å². The van der Waals surface area contributed by atoms with Gasteiger partial charge in [-0.25, -0.2) is 0 Å². The molecule has 0 aliphatic heterocycles. The van der Waals surface area contributed by atoms with Gasteiger partial charge in [0.15, 0.2) is 0 Å². The number of hydrogen-bond acceptors (Lipinski definition) is 2. The SMILES string of the molecule is C=C=COCC(C)O. The highest BCUT2D eigenvalue weighted by Crippen LogP contribution is 1.80. The first-order valence-corrected chi connectivity index (χ1v) is 2.41. The van der Waals surface area contributed by atoms with E-state index >= 15 is 0 Å². The molecule has 0 aliphatic rings. The van der Waals surface area contributed by atoms with Crippen molar-refractivity contribution >= 4 is 0 Å². The van der Waals surface area contributed by atoms with Crippen LogP contribution in [0.2, 0.25) is 0 Å². The monoisotopic (exact) mass is 114 g/mol. The second kappa shape index (κ2) is 4.44. The molecule has 0 radical (unpaired) electrons. The molecule has 1 unspecified atom stereocenters. The summed E-state index contributed by atoms with van der Waals surface area (Å²) in [7, 11) is 0. The third-order valence-electron chi connectivity index (χ3n) is 0.504. The minimum absolute atomic E-state index is 0.308. The molecule has 2 heteroatoms. The van der Waals surface area contributed by atoms with Gasteiger partial charge in [0, 0.05) is 0 Å². The van der Waals surface area contributed by atoms with Crippen molar-refractivity contribution in [2.24, 2.45) is 0 Å². The van der Waals surface area contributed by atoms with Crippen LogP contribution in [0.25, 0.3) is 0 Å². The van der Waals surface area contributed by atoms with Crippen LogP contribution in [-0.2, 0) is 4.74 Å². The fourth-order valence-corrected chi connectivity index (χ4v) is 0.246. The Kier molecular flexibility index (Phi) is 4.04. The van der Waals surface area contributed by atoms with E-state index in [0.29, 0.717) is 6.61 Å². The standard InChI is InChI=1S/C6H10O2/c1-3-4-8-5-6(2)7/h4,6-7H,1,5H2,2H3. The Labute approximate surface area is 49.1 Å². The number of rotatable bonds is 3. The van der Waals surface area contributed by atoms with Crippen molar-refractivity contribution in [1.29, 1.82) is 0 Å². The molecule has 46 valence electrons. The van der Waals surface area contributed by atoms with Crippen molar-refractivity contribution in [2.75, 3.05) is 6.61 Å². The molecule has 0 saturated carbocycles. The van der Waals surface area contributed by atoms with E-state index in [1.165, 1.54) is 6.26 Å². The highest BCUT2D eigenvalue weighted by molar-refractivity contribution is 4.64. The van der Waals surface area contributed by atoms with E-state index in [-0.39, 0.29) is 0 Å². The predicted octanol–water partition coefficient (Wildman–Crippen LogP) is 0.682. The van der Waals surface area contributed by atoms with Gasteiger partial charge in [-0.05, 0) is 6.92 Å². The Morgan fingerprint density at radius 3 is 3.00 bits per heavy atom. The van der Waals surface area contributed by atoms with Crippen LogP contribution in [0.3, 0.4) is 0 Å². The average molecular weight is 114 g/mol. The Hall–Kier alpha value is -0.720. The zero-order valence-corrected chi connectivity index (χ0v) is 4.92. The van der Waals surface area contributed by atoms with Crippen molar-refractivity contribution in [3.05, 3.63) is 18.6 Å². The first-order valence-electron chi connectivity index (χ1n) is 2.41. The first-order chi connectivity index (χ1) is 3.77. The summed E-state index contributed by atoms with van der Waals surface area (Å²) < 4.78 is 4.70. The van der Waals surface area contributed by atoms with E-state index in [0.717, 1.165) is 0 Å². The lowest BCUT2D eigenvalue weighted by molar-refractivity contribution is 0.0979. The largest absolute Gasteiger partial charge is 0.490 e. The molecule has 1 N–H and O–H groups in total. The van der Waals surface area contributed by atoms with Gasteiger partial charge in [-0.2, -0.15) is 0 Å². The summed E-state index contributed by atoms with van der Waals surface area (Å²) in [5, 5.41) is 8.59. The van der Waals surface area contributed by atoms with Gasteiger partial charge in [0.05, 0.1) is 6.10 Å². The van der Waals surface area contributed by atoms with Crippen LogP contribution < -0.4 is 0 Å². The second-order valence-corrected chi connectivity index (χ2v) is 1.50. The second-order valence-electron chi connectivity index (χ2n) is 1.50. The molecule has 0 fully saturated rings. The zero-order chi connectivity index (χ0) is 6.41. The summed E-state index contributed by atoms with van der Waals surface area (Å²) >= 11 is 0. The van der Waals surface area contributed by atoms with Gasteiger partial charge < -0.3 is 9.84 Å². The molecule has 2 nitrogen and oxygen atoms in total. The maximum atomic E-state index is 8.59. The van der Waals surface area contributed by atoms with Crippen molar-refractivity contribution in [2.45, 2.75) is 13.0 Å². The summed E-state index contributed by atoms with van der Waals surface area (Å²) in [6.07, 6.45) is 0.909. The molecule has 0 heterocycles. The molecule has 1 atom stereocenters. The van der Waals surface area contributed by atoms with Crippen LogP contribution in [0.1, 0.15) is 6.92 Å². The molecule has 0 aromatic carbocycles. The van der Waals surface area contributed by atoms with Gasteiger partial charge in [0.25, 0.3) is 0 Å². The van der Waals surface area contributed by atoms with E-state index in [9.17, 15) is 0 Å². The summed E-state index contributed by atoms with van der Waals surface area (Å²) in [6.45, 7) is 5.23. The molecule has 0 aliphatic carbocycles. The normalized spacial score (nSPS) is 11.8. The lowest BCUT2D eigenvalue weighted by Gasteiger charge is -1.99. The van der Waals surface area contributed by atoms with E-state index in [2.05, 4.69) is 12.3 Å². The quantitative estimate of drug-likeness (QED) is 0.432. The molecule has 8 heavy (non-hydrogen) atoms. The third kappa shape index (κ3) is 5.28. The summed E-state index contributed by atoms with van der Waals surface area (Å²) in [5.74, 6) is 0. The van der Waals surface area contributed by atoms with Crippen LogP contribution >= 0.6 is 0 Å². The lowest BCUT2D eigenvalue weighted by atomic mass is 10.4. The maximum absolute atomic E-state index is 8.59. The summed E-state index contributed by atoms with van der Waals surface area (Å²) in [5.41, 5.74) is 2.41. The van der Waals surface area contributed by atoms with Gasteiger partial charge in [-0.3, -0.25) is 0 Å². The molecule has 0 bridgehead atoms. The summed E-state index contributed by atoms with van der Waals surface area (Å²) in [6, 6.07) is 0. The topological polar surface area (TPSA) is 29.5 Å². The summed E-state index contributed by atoms with van der Waals surface area (Å²) in [4.78, 5) is 0. The fourth-order valence-electron chi connectivity index (χ4n) is 0.246. The highest BCUT2D eigenvalue weighted by atomic mass is 16.5. The van der Waals surface area contributed by atoms with E-state index in [4.69, 9.17) is 9.84 Å². The lowest BCUT2D eigenvalue weighted by Crippen LogP contribution is -2.06. The molecule has 0 saturated heterocycles. The van der Waals surface area contributed by atoms with Crippen molar-refractivity contribution in [3.8, 4) is 0 Å². The molecule has 0 amide bonds. The highest BCUT2D eigenvalue weighted by Gasteiger charge is 1.89. The number of hydrogen-bond donors (Lipinski definition) is 1. The molecular weight excluding hydrogens is 104 g/mol. The van der Waals surface area contributed by atoms with Crippen molar-refractivity contribution in [3.63, 3.8) is 0 Å². The van der Waals surface area contributed by atoms with Gasteiger partial charge in [-0.1, -0.05) is 12.3 Å². The Bertz CT molecular complexity index is 90.7. The van der Waals surface area contributed by atoms with Gasteiger partial charge in [-0.15, -0.1) is 0 Å². The van der Waals surface area contributed by atoms with Gasteiger partial charge in [0.2, 0.25) is 0 Å². The van der Waals surface area contributed by atoms with E-state index in [1.54, 1.807) is 6.92 Å². The van der Waals surface area contributed by atoms with Crippen LogP contribution in [-0.4, -0.2) is 17.8 Å². The van der Waals surface area contributed by atoms with Crippen LogP contribution in [0.4, 0.5) is 0 Å². The van der Waals surface area contributed by atoms with Crippen molar-refractivity contribution < 1.29 is 9.84 Å². The van der Waals surface area contributed by atoms with E-state index in [1.807, 2.05) is 0 Å². The number of ether oxygens (including phenoxy) is 1. The van der Waals surface area contributed by atoms with Gasteiger partial charge in [0.1, 0.15) is 12.9 Å². The van der Waals surface area contributed by atoms with Crippen LogP contribution in [0, 0.1) is 0 Å². The number of aliphatic hydroxyl groups excluding tert-OH is 1. The molecule has 0 rings (SSSR count). The first kappa shape index (κ1) is 7.28. The van der Waals surface area contributed by atoms with Gasteiger partial charge >= 0.3 is 0 Å². The maximum Gasteiger partial charge on any atom is 0.125 e.